The summed E-state index contributed by atoms with van der Waals surface area (Å²) < 4.78 is -1.16. The summed E-state index contributed by atoms with van der Waals surface area (Å²) >= 11 is 1.00. The van der Waals surface area contributed by atoms with Crippen molar-refractivity contribution < 1.29 is 24.3 Å². The van der Waals surface area contributed by atoms with Crippen molar-refractivity contribution in [1.82, 2.24) is 10.2 Å². The smallest absolute Gasteiger partial charge is 0.319 e. The van der Waals surface area contributed by atoms with Gasteiger partial charge in [-0.3, -0.25) is 24.1 Å². The van der Waals surface area contributed by atoms with Crippen LogP contribution < -0.4 is 5.32 Å². The van der Waals surface area contributed by atoms with Gasteiger partial charge in [-0.25, -0.2) is 0 Å². The van der Waals surface area contributed by atoms with Crippen LogP contribution in [-0.2, 0) is 9.59 Å². The fourth-order valence-electron chi connectivity index (χ4n) is 2.52. The molecule has 120 valence electrons. The summed E-state index contributed by atoms with van der Waals surface area (Å²) in [5.41, 5.74) is 0.525. The number of benzene rings is 1. The van der Waals surface area contributed by atoms with E-state index in [1.807, 2.05) is 0 Å². The van der Waals surface area contributed by atoms with Crippen LogP contribution in [0.1, 0.15) is 34.6 Å². The summed E-state index contributed by atoms with van der Waals surface area (Å²) in [6, 6.07) is 5.37. The lowest BCUT2D eigenvalue weighted by Crippen LogP contribution is -2.69. The van der Waals surface area contributed by atoms with Crippen LogP contribution in [0.15, 0.2) is 24.3 Å². The Morgan fingerprint density at radius 3 is 2.13 bits per heavy atom. The van der Waals surface area contributed by atoms with Gasteiger partial charge in [0, 0.05) is 0 Å². The first-order valence-corrected chi connectivity index (χ1v) is 7.80. The van der Waals surface area contributed by atoms with Crippen LogP contribution in [0, 0.1) is 0 Å². The van der Waals surface area contributed by atoms with Gasteiger partial charge in [0.15, 0.2) is 0 Å². The molecule has 2 heterocycles. The molecule has 0 aromatic heterocycles. The predicted molar refractivity (Wildman–Crippen MR) is 82.0 cm³/mol. The highest BCUT2D eigenvalue weighted by Gasteiger charge is 2.53. The molecular formula is C15H14N2O5S. The normalized spacial score (nSPS) is 23.4. The topological polar surface area (TPSA) is 104 Å². The maximum Gasteiger partial charge on any atom is 0.319 e. The number of nitrogens with one attached hydrogen (secondary N) is 1. The van der Waals surface area contributed by atoms with E-state index >= 15 is 0 Å². The maximum atomic E-state index is 12.4. The summed E-state index contributed by atoms with van der Waals surface area (Å²) in [7, 11) is 0. The highest BCUT2D eigenvalue weighted by molar-refractivity contribution is 8.02. The molecule has 2 unspecified atom stereocenters. The van der Waals surface area contributed by atoms with Crippen molar-refractivity contribution in [2.45, 2.75) is 30.0 Å². The number of carboxylic acids is 1. The summed E-state index contributed by atoms with van der Waals surface area (Å²) in [6.45, 7) is 3.01. The third-order valence-electron chi connectivity index (χ3n) is 3.88. The van der Waals surface area contributed by atoms with Crippen molar-refractivity contribution in [1.29, 1.82) is 0 Å². The molecule has 1 fully saturated rings. The second-order valence-corrected chi connectivity index (χ2v) is 7.60. The molecular weight excluding hydrogens is 320 g/mol. The van der Waals surface area contributed by atoms with E-state index in [9.17, 15) is 24.3 Å². The van der Waals surface area contributed by atoms with E-state index in [-0.39, 0.29) is 11.1 Å². The minimum absolute atomic E-state index is 0.262. The van der Waals surface area contributed by atoms with E-state index in [2.05, 4.69) is 5.32 Å². The number of hydrogen-bond donors (Lipinski definition) is 2. The second kappa shape index (κ2) is 5.09. The lowest BCUT2D eigenvalue weighted by Gasteiger charge is -2.42. The largest absolute Gasteiger partial charge is 0.480 e. The number of imide groups is 1. The van der Waals surface area contributed by atoms with Gasteiger partial charge in [-0.1, -0.05) is 12.1 Å². The molecule has 8 heteroatoms. The Balaban J connectivity index is 1.87. The Kier molecular flexibility index (Phi) is 3.44. The number of carboxylic acid groups (broad SMARTS) is 1. The molecule has 2 aliphatic rings. The Hall–Kier alpha value is -2.35. The molecule has 0 radical (unpaired) electrons. The number of rotatable bonds is 4. The molecule has 7 nitrogen and oxygen atoms in total. The zero-order valence-electron chi connectivity index (χ0n) is 12.4. The first-order chi connectivity index (χ1) is 10.7. The van der Waals surface area contributed by atoms with Gasteiger partial charge in [0.1, 0.15) is 16.2 Å². The van der Waals surface area contributed by atoms with Crippen molar-refractivity contribution in [3.8, 4) is 0 Å². The van der Waals surface area contributed by atoms with E-state index in [1.54, 1.807) is 12.1 Å². The summed E-state index contributed by atoms with van der Waals surface area (Å²) in [5.74, 6) is -2.55. The third kappa shape index (κ3) is 2.29. The van der Waals surface area contributed by atoms with Crippen molar-refractivity contribution in [3.05, 3.63) is 35.4 Å². The predicted octanol–water partition coefficient (Wildman–Crippen LogP) is 0.704. The highest BCUT2D eigenvalue weighted by Crippen LogP contribution is 2.37. The van der Waals surface area contributed by atoms with Crippen LogP contribution in [-0.4, -0.2) is 49.9 Å². The minimum Gasteiger partial charge on any atom is -0.480 e. The average molecular weight is 334 g/mol. The number of carbonyl (C=O) groups is 4. The minimum atomic E-state index is -1.16. The first kappa shape index (κ1) is 15.5. The third-order valence-corrected chi connectivity index (χ3v) is 5.27. The highest BCUT2D eigenvalue weighted by atomic mass is 32.2. The molecule has 0 aliphatic carbocycles. The van der Waals surface area contributed by atoms with Gasteiger partial charge >= 0.3 is 5.97 Å². The van der Waals surface area contributed by atoms with Gasteiger partial charge in [0.2, 0.25) is 5.91 Å². The number of carbonyl (C=O) groups excluding carboxylic acids is 3. The number of amides is 3. The second-order valence-electron chi connectivity index (χ2n) is 5.83. The van der Waals surface area contributed by atoms with Gasteiger partial charge in [0.25, 0.3) is 11.8 Å². The molecule has 2 N–H and O–H groups in total. The Morgan fingerprint density at radius 2 is 1.70 bits per heavy atom. The number of β-lactam (4-membered cyclic amide) rings is 1. The SMILES string of the molecule is CC(C)(SC1NC(=O)C1N1C(=O)c2ccccc2C1=O)C(=O)O. The lowest BCUT2D eigenvalue weighted by atomic mass is 10.1. The quantitative estimate of drug-likeness (QED) is 0.621. The van der Waals surface area contributed by atoms with Crippen LogP contribution in [0.3, 0.4) is 0 Å². The number of nitrogens with zero attached hydrogens (tertiary/aromatic N) is 1. The Morgan fingerprint density at radius 1 is 1.17 bits per heavy atom. The van der Waals surface area contributed by atoms with E-state index in [0.29, 0.717) is 0 Å². The van der Waals surface area contributed by atoms with Crippen molar-refractivity contribution in [2.75, 3.05) is 0 Å². The number of thioether (sulfide) groups is 1. The molecule has 1 saturated heterocycles. The molecule has 3 rings (SSSR count). The molecule has 2 aliphatic heterocycles. The van der Waals surface area contributed by atoms with Crippen LogP contribution >= 0.6 is 11.8 Å². The summed E-state index contributed by atoms with van der Waals surface area (Å²) in [5, 5.41) is 11.1. The molecule has 0 spiro atoms. The Labute approximate surface area is 136 Å². The van der Waals surface area contributed by atoms with Crippen LogP contribution in [0.25, 0.3) is 0 Å². The molecule has 0 saturated carbocycles. The van der Waals surface area contributed by atoms with E-state index in [1.165, 1.54) is 26.0 Å². The molecule has 1 aromatic carbocycles. The number of fused-ring (bicyclic) bond motifs is 1. The standard InChI is InChI=1S/C15H14N2O5S/c1-15(2,14(21)22)23-11-9(10(18)16-11)17-12(19)7-5-3-4-6-8(7)13(17)20/h3-6,9,11H,1-2H3,(H,16,18)(H,21,22). The summed E-state index contributed by atoms with van der Waals surface area (Å²) in [4.78, 5) is 48.9. The molecule has 3 amide bonds. The van der Waals surface area contributed by atoms with Crippen LogP contribution in [0.4, 0.5) is 0 Å². The lowest BCUT2D eigenvalue weighted by molar-refractivity contribution is -0.139. The van der Waals surface area contributed by atoms with Gasteiger partial charge in [-0.2, -0.15) is 0 Å². The van der Waals surface area contributed by atoms with Crippen LogP contribution in [0.5, 0.6) is 0 Å². The van der Waals surface area contributed by atoms with Crippen molar-refractivity contribution in [3.63, 3.8) is 0 Å². The van der Waals surface area contributed by atoms with Gasteiger partial charge in [-0.15, -0.1) is 11.8 Å². The average Bonchev–Trinajstić information content (AvgIpc) is 2.72. The zero-order valence-corrected chi connectivity index (χ0v) is 13.2. The first-order valence-electron chi connectivity index (χ1n) is 6.92. The van der Waals surface area contributed by atoms with Gasteiger partial charge in [0.05, 0.1) is 11.1 Å². The fraction of sp³-hybridized carbons (Fsp3) is 0.333. The fourth-order valence-corrected chi connectivity index (χ4v) is 3.81. The number of hydrogen-bond acceptors (Lipinski definition) is 5. The van der Waals surface area contributed by atoms with Crippen molar-refractivity contribution in [2.24, 2.45) is 0 Å². The molecule has 23 heavy (non-hydrogen) atoms. The molecule has 1 aromatic rings. The molecule has 2 atom stereocenters. The zero-order chi connectivity index (χ0) is 16.9. The monoisotopic (exact) mass is 334 g/mol. The number of aliphatic carboxylic acids is 1. The summed E-state index contributed by atoms with van der Waals surface area (Å²) in [6.07, 6.45) is 0. The van der Waals surface area contributed by atoms with E-state index in [4.69, 9.17) is 0 Å². The van der Waals surface area contributed by atoms with E-state index < -0.39 is 39.9 Å². The maximum absolute atomic E-state index is 12.4. The van der Waals surface area contributed by atoms with Gasteiger partial charge in [-0.05, 0) is 26.0 Å². The van der Waals surface area contributed by atoms with Crippen molar-refractivity contribution >= 4 is 35.5 Å². The van der Waals surface area contributed by atoms with Gasteiger partial charge < -0.3 is 10.4 Å². The van der Waals surface area contributed by atoms with E-state index in [0.717, 1.165) is 16.7 Å². The molecule has 0 bridgehead atoms. The van der Waals surface area contributed by atoms with Crippen LogP contribution in [0.2, 0.25) is 0 Å². The Bertz CT molecular complexity index is 710.